The molecule has 3 rings (SSSR count). The average molecular weight is 362 g/mol. The highest BCUT2D eigenvalue weighted by atomic mass is 16.5. The predicted octanol–water partition coefficient (Wildman–Crippen LogP) is 1.38. The van der Waals surface area contributed by atoms with Gasteiger partial charge in [0.25, 0.3) is 0 Å². The van der Waals surface area contributed by atoms with E-state index in [-0.39, 0.29) is 24.9 Å². The molecule has 1 aliphatic heterocycles. The van der Waals surface area contributed by atoms with Crippen molar-refractivity contribution in [3.8, 4) is 0 Å². The summed E-state index contributed by atoms with van der Waals surface area (Å²) in [4.78, 5) is 26.7. The van der Waals surface area contributed by atoms with Crippen LogP contribution < -0.4 is 11.0 Å². The van der Waals surface area contributed by atoms with Crippen molar-refractivity contribution in [3.63, 3.8) is 0 Å². The number of hydrogen-bond acceptors (Lipinski definition) is 4. The van der Waals surface area contributed by atoms with E-state index in [0.717, 1.165) is 16.6 Å². The van der Waals surface area contributed by atoms with Gasteiger partial charge in [-0.3, -0.25) is 9.13 Å². The monoisotopic (exact) mass is 362 g/mol. The first-order valence-electron chi connectivity index (χ1n) is 9.01. The second-order valence-electron chi connectivity index (χ2n) is 6.53. The number of nitrogens with zero attached hydrogens (tertiary/aromatic N) is 3. The van der Waals surface area contributed by atoms with Crippen LogP contribution in [0.15, 0.2) is 16.9 Å². The molecule has 2 N–H and O–H groups in total. The normalized spacial score (nSPS) is 18.2. The van der Waals surface area contributed by atoms with Crippen molar-refractivity contribution in [1.29, 1.82) is 0 Å². The van der Waals surface area contributed by atoms with Gasteiger partial charge < -0.3 is 20.1 Å². The Kier molecular flexibility index (Phi) is 5.33. The number of carbonyl (C=O) groups excluding carboxylic acids is 1. The number of amides is 2. The highest BCUT2D eigenvalue weighted by Crippen LogP contribution is 2.24. The lowest BCUT2D eigenvalue weighted by Gasteiger charge is -2.22. The van der Waals surface area contributed by atoms with Gasteiger partial charge in [0, 0.05) is 25.3 Å². The quantitative estimate of drug-likeness (QED) is 0.863. The van der Waals surface area contributed by atoms with E-state index in [1.165, 1.54) is 0 Å². The number of urea groups is 1. The highest BCUT2D eigenvalue weighted by molar-refractivity contribution is 5.93. The first-order valence-corrected chi connectivity index (χ1v) is 9.01. The molecule has 142 valence electrons. The Bertz CT molecular complexity index is 870. The summed E-state index contributed by atoms with van der Waals surface area (Å²) in [7, 11) is 0. The molecule has 0 bridgehead atoms. The summed E-state index contributed by atoms with van der Waals surface area (Å²) in [5.41, 5.74) is 3.18. The molecule has 0 unspecified atom stereocenters. The van der Waals surface area contributed by atoms with Crippen LogP contribution in [-0.4, -0.2) is 57.6 Å². The SMILES string of the molecule is CCn1c(=O)n(CC)c2cc(NC(=O)N3CCOC[C@H](O)C3)c(C)cc21. The van der Waals surface area contributed by atoms with Crippen molar-refractivity contribution < 1.29 is 14.6 Å². The number of rotatable bonds is 3. The van der Waals surface area contributed by atoms with Crippen molar-refractivity contribution >= 4 is 22.8 Å². The zero-order valence-electron chi connectivity index (χ0n) is 15.5. The molecule has 1 atom stereocenters. The van der Waals surface area contributed by atoms with Gasteiger partial charge in [0.1, 0.15) is 0 Å². The minimum absolute atomic E-state index is 0.0411. The Morgan fingerprint density at radius 2 is 1.92 bits per heavy atom. The molecule has 8 heteroatoms. The maximum Gasteiger partial charge on any atom is 0.329 e. The van der Waals surface area contributed by atoms with E-state index in [1.807, 2.05) is 32.9 Å². The van der Waals surface area contributed by atoms with Crippen LogP contribution in [-0.2, 0) is 17.8 Å². The van der Waals surface area contributed by atoms with Crippen LogP contribution >= 0.6 is 0 Å². The summed E-state index contributed by atoms with van der Waals surface area (Å²) in [5, 5.41) is 12.7. The van der Waals surface area contributed by atoms with Gasteiger partial charge in [0.05, 0.1) is 36.9 Å². The molecule has 0 saturated carbocycles. The Morgan fingerprint density at radius 1 is 1.27 bits per heavy atom. The van der Waals surface area contributed by atoms with Crippen LogP contribution in [0.2, 0.25) is 0 Å². The second-order valence-corrected chi connectivity index (χ2v) is 6.53. The summed E-state index contributed by atoms with van der Waals surface area (Å²) >= 11 is 0. The summed E-state index contributed by atoms with van der Waals surface area (Å²) in [6, 6.07) is 3.50. The third kappa shape index (κ3) is 3.34. The number of aryl methyl sites for hydroxylation is 3. The fraction of sp³-hybridized carbons (Fsp3) is 0.556. The van der Waals surface area contributed by atoms with E-state index < -0.39 is 6.10 Å². The number of nitrogens with one attached hydrogen (secondary N) is 1. The summed E-state index contributed by atoms with van der Waals surface area (Å²) in [6.07, 6.45) is -0.685. The lowest BCUT2D eigenvalue weighted by Crippen LogP contribution is -2.40. The molecular formula is C18H26N4O4. The summed E-state index contributed by atoms with van der Waals surface area (Å²) < 4.78 is 8.71. The minimum Gasteiger partial charge on any atom is -0.389 e. The van der Waals surface area contributed by atoms with Crippen molar-refractivity contribution in [3.05, 3.63) is 28.2 Å². The first-order chi connectivity index (χ1) is 12.5. The Balaban J connectivity index is 1.94. The molecule has 1 saturated heterocycles. The van der Waals surface area contributed by atoms with Gasteiger partial charge in [-0.1, -0.05) is 0 Å². The van der Waals surface area contributed by atoms with Crippen LogP contribution in [0.25, 0.3) is 11.0 Å². The van der Waals surface area contributed by atoms with Gasteiger partial charge in [-0.25, -0.2) is 9.59 Å². The van der Waals surface area contributed by atoms with Gasteiger partial charge in [0.2, 0.25) is 0 Å². The van der Waals surface area contributed by atoms with Crippen molar-refractivity contribution in [1.82, 2.24) is 14.0 Å². The number of aliphatic hydroxyl groups excluding tert-OH is 1. The third-order valence-corrected chi connectivity index (χ3v) is 4.77. The van der Waals surface area contributed by atoms with E-state index in [9.17, 15) is 14.7 Å². The molecule has 0 radical (unpaired) electrons. The number of fused-ring (bicyclic) bond motifs is 1. The van der Waals surface area contributed by atoms with Crippen molar-refractivity contribution in [2.24, 2.45) is 0 Å². The van der Waals surface area contributed by atoms with Crippen LogP contribution in [0.4, 0.5) is 10.5 Å². The van der Waals surface area contributed by atoms with Crippen LogP contribution in [0.3, 0.4) is 0 Å². The average Bonchev–Trinajstić information content (AvgIpc) is 2.74. The Hall–Kier alpha value is -2.32. The molecule has 0 spiro atoms. The highest BCUT2D eigenvalue weighted by Gasteiger charge is 2.22. The van der Waals surface area contributed by atoms with Gasteiger partial charge in [0.15, 0.2) is 0 Å². The molecule has 8 nitrogen and oxygen atoms in total. The summed E-state index contributed by atoms with van der Waals surface area (Å²) in [6.45, 7) is 8.24. The number of aliphatic hydroxyl groups is 1. The molecule has 2 aromatic rings. The Morgan fingerprint density at radius 3 is 2.58 bits per heavy atom. The van der Waals surface area contributed by atoms with Gasteiger partial charge >= 0.3 is 11.7 Å². The molecule has 2 heterocycles. The van der Waals surface area contributed by atoms with Crippen molar-refractivity contribution in [2.75, 3.05) is 31.6 Å². The number of aromatic nitrogens is 2. The maximum absolute atomic E-state index is 12.6. The lowest BCUT2D eigenvalue weighted by atomic mass is 10.1. The number of anilines is 1. The van der Waals surface area contributed by atoms with Crippen LogP contribution in [0.1, 0.15) is 19.4 Å². The maximum atomic E-state index is 12.6. The molecule has 1 aromatic heterocycles. The number of carbonyl (C=O) groups is 1. The standard InChI is InChI=1S/C18H26N4O4/c1-4-21-15-8-12(3)14(9-16(15)22(5-2)18(21)25)19-17(24)20-6-7-26-11-13(23)10-20/h8-9,13,23H,4-7,10-11H2,1-3H3,(H,19,24)/t13-/m1/s1. The minimum atomic E-state index is -0.685. The predicted molar refractivity (Wildman–Crippen MR) is 99.7 cm³/mol. The zero-order chi connectivity index (χ0) is 18.8. The lowest BCUT2D eigenvalue weighted by molar-refractivity contribution is 0.0575. The van der Waals surface area contributed by atoms with E-state index >= 15 is 0 Å². The number of hydrogen-bond donors (Lipinski definition) is 2. The topological polar surface area (TPSA) is 88.7 Å². The fourth-order valence-electron chi connectivity index (χ4n) is 3.38. The van der Waals surface area contributed by atoms with E-state index in [1.54, 1.807) is 14.0 Å². The first kappa shape index (κ1) is 18.5. The summed E-state index contributed by atoms with van der Waals surface area (Å²) in [5.74, 6) is 0. The van der Waals surface area contributed by atoms with Gasteiger partial charge in [-0.15, -0.1) is 0 Å². The Labute approximate surface area is 152 Å². The molecule has 0 aliphatic carbocycles. The fourth-order valence-corrected chi connectivity index (χ4v) is 3.38. The molecule has 1 aromatic carbocycles. The van der Waals surface area contributed by atoms with Crippen LogP contribution in [0, 0.1) is 6.92 Å². The second kappa shape index (κ2) is 7.51. The van der Waals surface area contributed by atoms with Gasteiger partial charge in [-0.2, -0.15) is 0 Å². The van der Waals surface area contributed by atoms with Crippen LogP contribution in [0.5, 0.6) is 0 Å². The molecule has 1 fully saturated rings. The smallest absolute Gasteiger partial charge is 0.329 e. The van der Waals surface area contributed by atoms with E-state index in [4.69, 9.17) is 4.74 Å². The van der Waals surface area contributed by atoms with E-state index in [2.05, 4.69) is 5.32 Å². The van der Waals surface area contributed by atoms with E-state index in [0.29, 0.717) is 31.9 Å². The number of benzene rings is 1. The molecule has 1 aliphatic rings. The van der Waals surface area contributed by atoms with Gasteiger partial charge in [-0.05, 0) is 38.5 Å². The number of β-amino-alcohol motifs (C(OH)–C–C–N with tert-alkyl or cyclic N) is 1. The molecule has 26 heavy (non-hydrogen) atoms. The van der Waals surface area contributed by atoms with Crippen molar-refractivity contribution in [2.45, 2.75) is 40.0 Å². The third-order valence-electron chi connectivity index (χ3n) is 4.77. The largest absolute Gasteiger partial charge is 0.389 e. The molecule has 2 amide bonds. The molecular weight excluding hydrogens is 336 g/mol. The number of imidazole rings is 1. The number of ether oxygens (including phenoxy) is 1. The zero-order valence-corrected chi connectivity index (χ0v) is 15.5.